The minimum Gasteiger partial charge on any atom is -0.498 e. The third-order valence-electron chi connectivity index (χ3n) is 3.91. The van der Waals surface area contributed by atoms with Crippen LogP contribution in [0.1, 0.15) is 34.6 Å². The van der Waals surface area contributed by atoms with Crippen LogP contribution in [0.3, 0.4) is 0 Å². The molecule has 1 aliphatic rings. The largest absolute Gasteiger partial charge is 0.498 e. The van der Waals surface area contributed by atoms with E-state index in [0.717, 1.165) is 12.4 Å². The van der Waals surface area contributed by atoms with Crippen molar-refractivity contribution in [2.45, 2.75) is 40.7 Å². The van der Waals surface area contributed by atoms with Crippen LogP contribution in [0.15, 0.2) is 23.5 Å². The van der Waals surface area contributed by atoms with Gasteiger partial charge in [0.15, 0.2) is 0 Å². The second kappa shape index (κ2) is 6.25. The van der Waals surface area contributed by atoms with E-state index in [1.54, 1.807) is 0 Å². The van der Waals surface area contributed by atoms with Crippen molar-refractivity contribution in [2.75, 3.05) is 13.7 Å². The number of rotatable bonds is 5. The summed E-state index contributed by atoms with van der Waals surface area (Å²) in [5, 5.41) is 3.35. The van der Waals surface area contributed by atoms with Gasteiger partial charge >= 0.3 is 0 Å². The van der Waals surface area contributed by atoms with Crippen LogP contribution >= 0.6 is 0 Å². The number of allylic oxidation sites excluding steroid dienone is 4. The molecule has 1 rings (SSSR count). The molecular weight excluding hydrogens is 210 g/mol. The van der Waals surface area contributed by atoms with Crippen molar-refractivity contribution in [3.8, 4) is 0 Å². The molecule has 2 heteroatoms. The summed E-state index contributed by atoms with van der Waals surface area (Å²) in [5.74, 6) is 2.76. The Hall–Kier alpha value is -0.760. The zero-order valence-electron chi connectivity index (χ0n) is 12.1. The molecule has 98 valence electrons. The van der Waals surface area contributed by atoms with Crippen molar-refractivity contribution in [3.63, 3.8) is 0 Å². The molecule has 0 aromatic heterocycles. The summed E-state index contributed by atoms with van der Waals surface area (Å²) in [4.78, 5) is 0. The average Bonchev–Trinajstić information content (AvgIpc) is 2.27. The van der Waals surface area contributed by atoms with E-state index in [1.807, 2.05) is 7.05 Å². The number of hydrogen-bond donors (Lipinski definition) is 1. The first-order chi connectivity index (χ1) is 8.01. The molecule has 1 N–H and O–H groups in total. The molecule has 0 aromatic carbocycles. The first-order valence-electron chi connectivity index (χ1n) is 6.71. The first kappa shape index (κ1) is 14.3. The van der Waals surface area contributed by atoms with Crippen molar-refractivity contribution in [1.82, 2.24) is 5.32 Å². The molecule has 4 unspecified atom stereocenters. The molecule has 4 atom stereocenters. The van der Waals surface area contributed by atoms with Gasteiger partial charge in [-0.25, -0.2) is 0 Å². The highest BCUT2D eigenvalue weighted by atomic mass is 16.5. The fraction of sp³-hybridized carbons (Fsp3) is 0.733. The Balaban J connectivity index is 2.91. The lowest BCUT2D eigenvalue weighted by atomic mass is 9.75. The van der Waals surface area contributed by atoms with Crippen molar-refractivity contribution in [2.24, 2.45) is 17.8 Å². The lowest BCUT2D eigenvalue weighted by Gasteiger charge is -2.35. The van der Waals surface area contributed by atoms with Crippen LogP contribution in [-0.2, 0) is 4.74 Å². The molecule has 0 radical (unpaired) electrons. The van der Waals surface area contributed by atoms with Crippen molar-refractivity contribution >= 4 is 0 Å². The number of ether oxygens (including phenoxy) is 1. The Morgan fingerprint density at radius 2 is 2.06 bits per heavy atom. The normalized spacial score (nSPS) is 28.1. The van der Waals surface area contributed by atoms with E-state index in [1.165, 1.54) is 5.57 Å². The molecule has 0 amide bonds. The Kier molecular flexibility index (Phi) is 5.26. The fourth-order valence-corrected chi connectivity index (χ4v) is 2.76. The third kappa shape index (κ3) is 3.35. The van der Waals surface area contributed by atoms with Crippen LogP contribution < -0.4 is 5.32 Å². The number of hydrogen-bond acceptors (Lipinski definition) is 2. The number of nitrogens with one attached hydrogen (secondary N) is 1. The van der Waals surface area contributed by atoms with Crippen LogP contribution in [-0.4, -0.2) is 19.7 Å². The van der Waals surface area contributed by atoms with Crippen molar-refractivity contribution in [3.05, 3.63) is 23.5 Å². The Morgan fingerprint density at radius 1 is 1.41 bits per heavy atom. The predicted molar refractivity (Wildman–Crippen MR) is 73.8 cm³/mol. The van der Waals surface area contributed by atoms with Crippen LogP contribution in [0.25, 0.3) is 0 Å². The monoisotopic (exact) mass is 237 g/mol. The highest BCUT2D eigenvalue weighted by Gasteiger charge is 2.32. The van der Waals surface area contributed by atoms with E-state index < -0.39 is 0 Å². The van der Waals surface area contributed by atoms with E-state index in [2.05, 4.69) is 52.1 Å². The van der Waals surface area contributed by atoms with Crippen LogP contribution in [0.4, 0.5) is 0 Å². The maximum absolute atomic E-state index is 5.84. The summed E-state index contributed by atoms with van der Waals surface area (Å²) in [5.41, 5.74) is 1.32. The molecule has 0 saturated heterocycles. The quantitative estimate of drug-likeness (QED) is 0.791. The summed E-state index contributed by atoms with van der Waals surface area (Å²) < 4.78 is 5.84. The van der Waals surface area contributed by atoms with Crippen LogP contribution in [0.2, 0.25) is 0 Å². The molecular formula is C15H27NO. The molecule has 0 fully saturated rings. The molecule has 0 bridgehead atoms. The van der Waals surface area contributed by atoms with Gasteiger partial charge < -0.3 is 10.1 Å². The lowest BCUT2D eigenvalue weighted by Crippen LogP contribution is -2.37. The molecule has 0 aromatic rings. The smallest absolute Gasteiger partial charge is 0.100 e. The molecule has 0 aliphatic heterocycles. The molecule has 0 heterocycles. The average molecular weight is 237 g/mol. The van der Waals surface area contributed by atoms with E-state index in [-0.39, 0.29) is 0 Å². The van der Waals surface area contributed by atoms with Gasteiger partial charge in [0.1, 0.15) is 5.76 Å². The highest BCUT2D eigenvalue weighted by molar-refractivity contribution is 5.27. The summed E-state index contributed by atoms with van der Waals surface area (Å²) in [7, 11) is 2.03. The van der Waals surface area contributed by atoms with Crippen LogP contribution in [0.5, 0.6) is 0 Å². The summed E-state index contributed by atoms with van der Waals surface area (Å²) >= 11 is 0. The summed E-state index contributed by atoms with van der Waals surface area (Å²) in [6.45, 7) is 11.8. The maximum Gasteiger partial charge on any atom is 0.100 e. The summed E-state index contributed by atoms with van der Waals surface area (Å²) in [6, 6.07) is 0.498. The standard InChI is InChI=1S/C15H27NO/c1-7-17-14-9-10(2)8-11(3)15(14)12(4)13(5)16-6/h8-9,11-13,15-16H,7H2,1-6H3. The topological polar surface area (TPSA) is 21.3 Å². The first-order valence-corrected chi connectivity index (χ1v) is 6.71. The highest BCUT2D eigenvalue weighted by Crippen LogP contribution is 2.36. The van der Waals surface area contributed by atoms with Crippen LogP contribution in [0, 0.1) is 17.8 Å². The van der Waals surface area contributed by atoms with Gasteiger partial charge in [0.2, 0.25) is 0 Å². The van der Waals surface area contributed by atoms with E-state index >= 15 is 0 Å². The lowest BCUT2D eigenvalue weighted by molar-refractivity contribution is 0.135. The summed E-state index contributed by atoms with van der Waals surface area (Å²) in [6.07, 6.45) is 4.55. The zero-order valence-corrected chi connectivity index (χ0v) is 12.1. The second-order valence-corrected chi connectivity index (χ2v) is 5.21. The van der Waals surface area contributed by atoms with Gasteiger partial charge in [-0.05, 0) is 45.7 Å². The van der Waals surface area contributed by atoms with Gasteiger partial charge in [0.05, 0.1) is 6.61 Å². The Bertz CT molecular complexity index is 306. The van der Waals surface area contributed by atoms with E-state index in [9.17, 15) is 0 Å². The van der Waals surface area contributed by atoms with E-state index in [4.69, 9.17) is 4.74 Å². The Labute approximate surface area is 106 Å². The van der Waals surface area contributed by atoms with Crippen molar-refractivity contribution in [1.29, 1.82) is 0 Å². The maximum atomic E-state index is 5.84. The van der Waals surface area contributed by atoms with Gasteiger partial charge in [-0.2, -0.15) is 0 Å². The molecule has 1 aliphatic carbocycles. The van der Waals surface area contributed by atoms with Gasteiger partial charge in [-0.1, -0.05) is 25.5 Å². The molecule has 2 nitrogen and oxygen atoms in total. The zero-order chi connectivity index (χ0) is 13.0. The second-order valence-electron chi connectivity index (χ2n) is 5.21. The minimum absolute atomic E-state index is 0.487. The minimum atomic E-state index is 0.487. The van der Waals surface area contributed by atoms with Gasteiger partial charge in [0, 0.05) is 12.0 Å². The van der Waals surface area contributed by atoms with Gasteiger partial charge in [0.25, 0.3) is 0 Å². The van der Waals surface area contributed by atoms with Gasteiger partial charge in [-0.3, -0.25) is 0 Å². The SMILES string of the molecule is CCOC1=CC(C)=CC(C)C1C(C)C(C)NC. The Morgan fingerprint density at radius 3 is 2.59 bits per heavy atom. The van der Waals surface area contributed by atoms with E-state index in [0.29, 0.717) is 23.8 Å². The van der Waals surface area contributed by atoms with Crippen molar-refractivity contribution < 1.29 is 4.74 Å². The van der Waals surface area contributed by atoms with Gasteiger partial charge in [-0.15, -0.1) is 0 Å². The molecule has 0 saturated carbocycles. The predicted octanol–water partition coefficient (Wildman–Crippen LogP) is 3.36. The third-order valence-corrected chi connectivity index (χ3v) is 3.91. The fourth-order valence-electron chi connectivity index (χ4n) is 2.76. The molecule has 17 heavy (non-hydrogen) atoms. The molecule has 0 spiro atoms.